The van der Waals surface area contributed by atoms with Crippen LogP contribution in [0, 0.1) is 6.92 Å². The van der Waals surface area contributed by atoms with Crippen molar-refractivity contribution in [2.75, 3.05) is 5.32 Å². The number of nitrogens with zero attached hydrogens (tertiary/aromatic N) is 3. The molecule has 0 spiro atoms. The first-order chi connectivity index (χ1) is 10.7. The number of aryl methyl sites for hydroxylation is 3. The van der Waals surface area contributed by atoms with Crippen LogP contribution in [0.15, 0.2) is 24.4 Å². The van der Waals surface area contributed by atoms with Crippen LogP contribution in [0.4, 0.5) is 5.13 Å². The highest BCUT2D eigenvalue weighted by Crippen LogP contribution is 2.29. The van der Waals surface area contributed by atoms with Crippen molar-refractivity contribution in [3.8, 4) is 0 Å². The van der Waals surface area contributed by atoms with E-state index in [2.05, 4.69) is 15.3 Å². The maximum absolute atomic E-state index is 12.6. The lowest BCUT2D eigenvalue weighted by molar-refractivity contribution is 0.102. The first kappa shape index (κ1) is 13.5. The van der Waals surface area contributed by atoms with Gasteiger partial charge in [-0.1, -0.05) is 6.07 Å². The van der Waals surface area contributed by atoms with Crippen LogP contribution in [-0.2, 0) is 12.8 Å². The van der Waals surface area contributed by atoms with Crippen molar-refractivity contribution in [3.05, 3.63) is 46.4 Å². The monoisotopic (exact) mass is 312 g/mol. The molecular formula is C16H16N4OS. The lowest BCUT2D eigenvalue weighted by Crippen LogP contribution is -2.15. The second-order valence-electron chi connectivity index (χ2n) is 5.52. The summed E-state index contributed by atoms with van der Waals surface area (Å²) >= 11 is 1.60. The van der Waals surface area contributed by atoms with Crippen LogP contribution in [0.3, 0.4) is 0 Å². The molecule has 0 atom stereocenters. The molecule has 4 rings (SSSR count). The number of nitrogens with one attached hydrogen (secondary N) is 1. The average molecular weight is 312 g/mol. The topological polar surface area (TPSA) is 59.3 Å². The van der Waals surface area contributed by atoms with E-state index in [0.29, 0.717) is 10.8 Å². The van der Waals surface area contributed by atoms with Gasteiger partial charge in [0.15, 0.2) is 5.13 Å². The number of pyridine rings is 1. The fourth-order valence-electron chi connectivity index (χ4n) is 2.95. The molecular weight excluding hydrogens is 296 g/mol. The molecule has 5 nitrogen and oxygen atoms in total. The van der Waals surface area contributed by atoms with E-state index < -0.39 is 0 Å². The Bertz CT molecular complexity index is 841. The molecule has 3 aromatic rings. The summed E-state index contributed by atoms with van der Waals surface area (Å²) < 4.78 is 1.82. The van der Waals surface area contributed by atoms with E-state index in [-0.39, 0.29) is 5.91 Å². The molecule has 22 heavy (non-hydrogen) atoms. The average Bonchev–Trinajstić information content (AvgIpc) is 3.05. The molecule has 0 saturated carbocycles. The van der Waals surface area contributed by atoms with Crippen LogP contribution in [0.2, 0.25) is 0 Å². The molecule has 1 N–H and O–H groups in total. The van der Waals surface area contributed by atoms with Crippen molar-refractivity contribution >= 4 is 28.0 Å². The maximum atomic E-state index is 12.6. The predicted molar refractivity (Wildman–Crippen MR) is 86.6 cm³/mol. The van der Waals surface area contributed by atoms with Gasteiger partial charge in [-0.15, -0.1) is 11.3 Å². The van der Waals surface area contributed by atoms with Crippen molar-refractivity contribution < 1.29 is 4.79 Å². The number of imidazole rings is 1. The maximum Gasteiger partial charge on any atom is 0.276 e. The smallest absolute Gasteiger partial charge is 0.276 e. The SMILES string of the molecule is Cc1nc2ccccn2c1C(=O)Nc1nc2c(s1)CCCC2. The fraction of sp³-hybridized carbons (Fsp3) is 0.312. The van der Waals surface area contributed by atoms with E-state index >= 15 is 0 Å². The van der Waals surface area contributed by atoms with Crippen molar-refractivity contribution in [1.29, 1.82) is 0 Å². The van der Waals surface area contributed by atoms with Gasteiger partial charge in [0.05, 0.1) is 11.4 Å². The number of thiazole rings is 1. The molecule has 1 amide bonds. The number of carbonyl (C=O) groups is 1. The van der Waals surface area contributed by atoms with Gasteiger partial charge in [-0.2, -0.15) is 0 Å². The first-order valence-corrected chi connectivity index (χ1v) is 8.27. The number of hydrogen-bond acceptors (Lipinski definition) is 4. The summed E-state index contributed by atoms with van der Waals surface area (Å²) in [6, 6.07) is 5.71. The molecule has 0 bridgehead atoms. The van der Waals surface area contributed by atoms with Gasteiger partial charge < -0.3 is 0 Å². The summed E-state index contributed by atoms with van der Waals surface area (Å²) in [6.45, 7) is 1.86. The minimum absolute atomic E-state index is 0.151. The van der Waals surface area contributed by atoms with Crippen molar-refractivity contribution in [2.24, 2.45) is 0 Å². The van der Waals surface area contributed by atoms with Gasteiger partial charge in [0.1, 0.15) is 11.3 Å². The number of anilines is 1. The Morgan fingerprint density at radius 3 is 3.00 bits per heavy atom. The summed E-state index contributed by atoms with van der Waals surface area (Å²) in [7, 11) is 0. The molecule has 0 aliphatic heterocycles. The minimum Gasteiger partial charge on any atom is -0.296 e. The van der Waals surface area contributed by atoms with Crippen molar-refractivity contribution in [3.63, 3.8) is 0 Å². The number of fused-ring (bicyclic) bond motifs is 2. The van der Waals surface area contributed by atoms with Crippen LogP contribution in [0.25, 0.3) is 5.65 Å². The third-order valence-corrected chi connectivity index (χ3v) is 5.06. The highest BCUT2D eigenvalue weighted by atomic mass is 32.1. The molecule has 1 aliphatic carbocycles. The first-order valence-electron chi connectivity index (χ1n) is 7.46. The summed E-state index contributed by atoms with van der Waals surface area (Å²) in [5.74, 6) is -0.151. The molecule has 0 unspecified atom stereocenters. The standard InChI is InChI=1S/C16H16N4OS/c1-10-14(20-9-5-4-8-13(20)17-10)15(21)19-16-18-11-6-2-3-7-12(11)22-16/h4-5,8-9H,2-3,6-7H2,1H3,(H,18,19,21). The summed E-state index contributed by atoms with van der Waals surface area (Å²) in [5, 5.41) is 3.64. The lowest BCUT2D eigenvalue weighted by Gasteiger charge is -2.06. The number of rotatable bonds is 2. The predicted octanol–water partition coefficient (Wildman–Crippen LogP) is 3.23. The summed E-state index contributed by atoms with van der Waals surface area (Å²) in [4.78, 5) is 22.9. The van der Waals surface area contributed by atoms with Gasteiger partial charge in [-0.05, 0) is 44.7 Å². The zero-order valence-electron chi connectivity index (χ0n) is 12.3. The molecule has 0 fully saturated rings. The van der Waals surface area contributed by atoms with Gasteiger partial charge >= 0.3 is 0 Å². The van der Waals surface area contributed by atoms with Crippen LogP contribution >= 0.6 is 11.3 Å². The fourth-order valence-corrected chi connectivity index (χ4v) is 3.99. The highest BCUT2D eigenvalue weighted by molar-refractivity contribution is 7.15. The molecule has 3 aromatic heterocycles. The van der Waals surface area contributed by atoms with Gasteiger partial charge in [0.25, 0.3) is 5.91 Å². The Morgan fingerprint density at radius 2 is 2.14 bits per heavy atom. The minimum atomic E-state index is -0.151. The quantitative estimate of drug-likeness (QED) is 0.790. The van der Waals surface area contributed by atoms with Gasteiger partial charge in [0, 0.05) is 11.1 Å². The van der Waals surface area contributed by atoms with Crippen LogP contribution in [-0.4, -0.2) is 20.3 Å². The van der Waals surface area contributed by atoms with Gasteiger partial charge in [0.2, 0.25) is 0 Å². The van der Waals surface area contributed by atoms with Gasteiger partial charge in [-0.3, -0.25) is 14.5 Å². The molecule has 0 saturated heterocycles. The van der Waals surface area contributed by atoms with E-state index in [9.17, 15) is 4.79 Å². The zero-order valence-corrected chi connectivity index (χ0v) is 13.1. The Hall–Kier alpha value is -2.21. The van der Waals surface area contributed by atoms with E-state index in [1.165, 1.54) is 17.7 Å². The largest absolute Gasteiger partial charge is 0.296 e. The van der Waals surface area contributed by atoms with Crippen molar-refractivity contribution in [2.45, 2.75) is 32.6 Å². The molecule has 0 radical (unpaired) electrons. The Labute approximate surface area is 132 Å². The Balaban J connectivity index is 1.66. The molecule has 112 valence electrons. The third kappa shape index (κ3) is 2.20. The van der Waals surface area contributed by atoms with Crippen molar-refractivity contribution in [1.82, 2.24) is 14.4 Å². The highest BCUT2D eigenvalue weighted by Gasteiger charge is 2.20. The number of carbonyl (C=O) groups excluding carboxylic acids is 1. The Morgan fingerprint density at radius 1 is 1.27 bits per heavy atom. The third-order valence-electron chi connectivity index (χ3n) is 3.99. The normalized spacial score (nSPS) is 14.0. The molecule has 1 aliphatic rings. The van der Waals surface area contributed by atoms with Gasteiger partial charge in [-0.25, -0.2) is 9.97 Å². The van der Waals surface area contributed by atoms with E-state index in [1.54, 1.807) is 11.3 Å². The van der Waals surface area contributed by atoms with Crippen LogP contribution in [0.1, 0.15) is 39.6 Å². The zero-order chi connectivity index (χ0) is 15.1. The number of hydrogen-bond donors (Lipinski definition) is 1. The van der Waals surface area contributed by atoms with E-state index in [4.69, 9.17) is 0 Å². The molecule has 0 aromatic carbocycles. The Kier molecular flexibility index (Phi) is 3.18. The summed E-state index contributed by atoms with van der Waals surface area (Å²) in [6.07, 6.45) is 6.37. The van der Waals surface area contributed by atoms with Crippen LogP contribution < -0.4 is 5.32 Å². The van der Waals surface area contributed by atoms with E-state index in [0.717, 1.165) is 29.9 Å². The second-order valence-corrected chi connectivity index (χ2v) is 6.61. The second kappa shape index (κ2) is 5.21. The molecule has 6 heteroatoms. The molecule has 3 heterocycles. The summed E-state index contributed by atoms with van der Waals surface area (Å²) in [5.41, 5.74) is 3.23. The number of aromatic nitrogens is 3. The van der Waals surface area contributed by atoms with Crippen LogP contribution in [0.5, 0.6) is 0 Å². The van der Waals surface area contributed by atoms with E-state index in [1.807, 2.05) is 35.7 Å². The number of amides is 1. The lowest BCUT2D eigenvalue weighted by atomic mass is 10.0.